The number of hydrogen-bond donors (Lipinski definition) is 1. The summed E-state index contributed by atoms with van der Waals surface area (Å²) in [6.07, 6.45) is 1.89. The first kappa shape index (κ1) is 11.4. The molecule has 0 aliphatic heterocycles. The average Bonchev–Trinajstić information content (AvgIpc) is 2.89. The SMILES string of the molecule is N#Cc1cccn1C(CN)c1ccc(Br)s1. The predicted molar refractivity (Wildman–Crippen MR) is 68.4 cm³/mol. The van der Waals surface area contributed by atoms with E-state index in [1.807, 2.05) is 29.0 Å². The maximum absolute atomic E-state index is 8.99. The summed E-state index contributed by atoms with van der Waals surface area (Å²) < 4.78 is 2.99. The van der Waals surface area contributed by atoms with E-state index in [1.54, 1.807) is 17.4 Å². The fourth-order valence-corrected chi connectivity index (χ4v) is 3.17. The third-order valence-electron chi connectivity index (χ3n) is 2.37. The van der Waals surface area contributed by atoms with Gasteiger partial charge in [-0.25, -0.2) is 0 Å². The monoisotopic (exact) mass is 295 g/mol. The first-order chi connectivity index (χ1) is 7.76. The van der Waals surface area contributed by atoms with Crippen molar-refractivity contribution >= 4 is 27.3 Å². The van der Waals surface area contributed by atoms with Gasteiger partial charge in [0.05, 0.1) is 9.83 Å². The molecular weight excluding hydrogens is 286 g/mol. The summed E-state index contributed by atoms with van der Waals surface area (Å²) in [5.41, 5.74) is 6.43. The highest BCUT2D eigenvalue weighted by atomic mass is 79.9. The van der Waals surface area contributed by atoms with Gasteiger partial charge >= 0.3 is 0 Å². The summed E-state index contributed by atoms with van der Waals surface area (Å²) in [6, 6.07) is 9.91. The van der Waals surface area contributed by atoms with E-state index in [0.29, 0.717) is 12.2 Å². The maximum Gasteiger partial charge on any atom is 0.120 e. The van der Waals surface area contributed by atoms with Gasteiger partial charge in [-0.1, -0.05) is 0 Å². The Morgan fingerprint density at radius 3 is 2.88 bits per heavy atom. The number of aromatic nitrogens is 1. The standard InChI is InChI=1S/C11H10BrN3S/c12-11-4-3-10(16-11)9(7-14)15-5-1-2-8(15)6-13/h1-5,9H,7,14H2. The molecule has 2 aromatic rings. The summed E-state index contributed by atoms with van der Waals surface area (Å²) in [5.74, 6) is 0. The Hall–Kier alpha value is -1.09. The third-order valence-corrected chi connectivity index (χ3v) is 4.10. The van der Waals surface area contributed by atoms with Crippen molar-refractivity contribution in [2.75, 3.05) is 6.54 Å². The van der Waals surface area contributed by atoms with E-state index in [-0.39, 0.29) is 6.04 Å². The first-order valence-corrected chi connectivity index (χ1v) is 6.39. The third kappa shape index (κ3) is 2.05. The molecule has 1 unspecified atom stereocenters. The molecular formula is C11H10BrN3S. The van der Waals surface area contributed by atoms with E-state index < -0.39 is 0 Å². The van der Waals surface area contributed by atoms with E-state index in [1.165, 1.54) is 0 Å². The van der Waals surface area contributed by atoms with Crippen LogP contribution >= 0.6 is 27.3 Å². The summed E-state index contributed by atoms with van der Waals surface area (Å²) in [4.78, 5) is 1.15. The normalized spacial score (nSPS) is 12.3. The molecule has 0 saturated heterocycles. The van der Waals surface area contributed by atoms with Gasteiger partial charge in [-0.2, -0.15) is 5.26 Å². The van der Waals surface area contributed by atoms with Crippen LogP contribution < -0.4 is 5.73 Å². The molecule has 2 N–H and O–H groups in total. The zero-order valence-corrected chi connectivity index (χ0v) is 10.8. The molecule has 0 spiro atoms. The van der Waals surface area contributed by atoms with E-state index in [2.05, 4.69) is 22.0 Å². The second-order valence-corrected chi connectivity index (χ2v) is 5.80. The van der Waals surface area contributed by atoms with Gasteiger partial charge in [-0.05, 0) is 40.2 Å². The van der Waals surface area contributed by atoms with Crippen LogP contribution in [0.25, 0.3) is 0 Å². The summed E-state index contributed by atoms with van der Waals surface area (Å²) in [6.45, 7) is 0.482. The molecule has 0 radical (unpaired) electrons. The molecule has 0 bridgehead atoms. The highest BCUT2D eigenvalue weighted by molar-refractivity contribution is 9.11. The highest BCUT2D eigenvalue weighted by Gasteiger charge is 2.15. The Morgan fingerprint density at radius 1 is 1.50 bits per heavy atom. The Bertz CT molecular complexity index is 523. The van der Waals surface area contributed by atoms with Gasteiger partial charge < -0.3 is 10.3 Å². The van der Waals surface area contributed by atoms with Gasteiger partial charge in [0.2, 0.25) is 0 Å². The Morgan fingerprint density at radius 2 is 2.31 bits per heavy atom. The van der Waals surface area contributed by atoms with Crippen molar-refractivity contribution in [1.29, 1.82) is 5.26 Å². The largest absolute Gasteiger partial charge is 0.330 e. The highest BCUT2D eigenvalue weighted by Crippen LogP contribution is 2.29. The number of thiophene rings is 1. The number of nitriles is 1. The summed E-state index contributed by atoms with van der Waals surface area (Å²) >= 11 is 5.08. The molecule has 3 nitrogen and oxygen atoms in total. The minimum atomic E-state index is 0.0425. The fourth-order valence-electron chi connectivity index (χ4n) is 1.63. The van der Waals surface area contributed by atoms with Gasteiger partial charge in [-0.15, -0.1) is 11.3 Å². The van der Waals surface area contributed by atoms with Gasteiger partial charge in [0, 0.05) is 17.6 Å². The molecule has 1 atom stereocenters. The van der Waals surface area contributed by atoms with E-state index in [9.17, 15) is 0 Å². The maximum atomic E-state index is 8.99. The second kappa shape index (κ2) is 4.83. The second-order valence-electron chi connectivity index (χ2n) is 3.31. The minimum Gasteiger partial charge on any atom is -0.330 e. The lowest BCUT2D eigenvalue weighted by molar-refractivity contribution is 0.602. The minimum absolute atomic E-state index is 0.0425. The topological polar surface area (TPSA) is 54.7 Å². The van der Waals surface area contributed by atoms with Crippen LogP contribution in [-0.2, 0) is 0 Å². The number of nitrogens with two attached hydrogens (primary N) is 1. The molecule has 0 aliphatic rings. The van der Waals surface area contributed by atoms with E-state index in [0.717, 1.165) is 8.66 Å². The molecule has 0 saturated carbocycles. The molecule has 0 aliphatic carbocycles. The van der Waals surface area contributed by atoms with Gasteiger partial charge in [0.15, 0.2) is 0 Å². The van der Waals surface area contributed by atoms with Crippen LogP contribution in [0.1, 0.15) is 16.6 Å². The smallest absolute Gasteiger partial charge is 0.120 e. The Kier molecular flexibility index (Phi) is 3.44. The van der Waals surface area contributed by atoms with Gasteiger partial charge in [-0.3, -0.25) is 0 Å². The number of hydrogen-bond acceptors (Lipinski definition) is 3. The van der Waals surface area contributed by atoms with Crippen LogP contribution in [0.3, 0.4) is 0 Å². The van der Waals surface area contributed by atoms with Gasteiger partial charge in [0.25, 0.3) is 0 Å². The van der Waals surface area contributed by atoms with Crippen LogP contribution in [0, 0.1) is 11.3 Å². The average molecular weight is 296 g/mol. The van der Waals surface area contributed by atoms with Crippen LogP contribution in [0.2, 0.25) is 0 Å². The van der Waals surface area contributed by atoms with Crippen molar-refractivity contribution in [3.63, 3.8) is 0 Å². The van der Waals surface area contributed by atoms with Crippen LogP contribution in [-0.4, -0.2) is 11.1 Å². The molecule has 2 rings (SSSR count). The van der Waals surface area contributed by atoms with Crippen molar-refractivity contribution < 1.29 is 0 Å². The molecule has 16 heavy (non-hydrogen) atoms. The number of halogens is 1. The Balaban J connectivity index is 2.41. The van der Waals surface area contributed by atoms with E-state index >= 15 is 0 Å². The summed E-state index contributed by atoms with van der Waals surface area (Å²) in [7, 11) is 0. The van der Waals surface area contributed by atoms with Crippen molar-refractivity contribution in [3.8, 4) is 6.07 Å². The lowest BCUT2D eigenvalue weighted by Crippen LogP contribution is -2.19. The Labute approximate surface area is 106 Å². The van der Waals surface area contributed by atoms with E-state index in [4.69, 9.17) is 11.0 Å². The molecule has 2 aromatic heterocycles. The molecule has 82 valence electrons. The van der Waals surface area contributed by atoms with Crippen molar-refractivity contribution in [2.45, 2.75) is 6.04 Å². The lowest BCUT2D eigenvalue weighted by atomic mass is 10.2. The quantitative estimate of drug-likeness (QED) is 0.946. The van der Waals surface area contributed by atoms with Gasteiger partial charge in [0.1, 0.15) is 11.8 Å². The zero-order valence-electron chi connectivity index (χ0n) is 8.43. The molecule has 0 fully saturated rings. The van der Waals surface area contributed by atoms with Crippen LogP contribution in [0.15, 0.2) is 34.2 Å². The van der Waals surface area contributed by atoms with Crippen molar-refractivity contribution in [2.24, 2.45) is 5.73 Å². The zero-order chi connectivity index (χ0) is 11.5. The summed E-state index contributed by atoms with van der Waals surface area (Å²) in [5, 5.41) is 8.99. The first-order valence-electron chi connectivity index (χ1n) is 4.78. The number of nitrogens with zero attached hydrogens (tertiary/aromatic N) is 2. The fraction of sp³-hybridized carbons (Fsp3) is 0.182. The molecule has 0 aromatic carbocycles. The molecule has 2 heterocycles. The van der Waals surface area contributed by atoms with Crippen LogP contribution in [0.5, 0.6) is 0 Å². The van der Waals surface area contributed by atoms with Crippen molar-refractivity contribution in [1.82, 2.24) is 4.57 Å². The predicted octanol–water partition coefficient (Wildman–Crippen LogP) is 2.73. The molecule has 5 heteroatoms. The van der Waals surface area contributed by atoms with Crippen LogP contribution in [0.4, 0.5) is 0 Å². The molecule has 0 amide bonds. The van der Waals surface area contributed by atoms with Crippen molar-refractivity contribution in [3.05, 3.63) is 44.8 Å². The number of rotatable bonds is 3. The lowest BCUT2D eigenvalue weighted by Gasteiger charge is -2.16.